The SMILES string of the molecule is CC(C)c1cc(NCc2ccc(F)cc2)nc(N)n1. The third-order valence-electron chi connectivity index (χ3n) is 2.74. The van der Waals surface area contributed by atoms with Crippen LogP contribution in [0.2, 0.25) is 0 Å². The number of aromatic nitrogens is 2. The van der Waals surface area contributed by atoms with Crippen LogP contribution in [-0.4, -0.2) is 9.97 Å². The van der Waals surface area contributed by atoms with E-state index >= 15 is 0 Å². The molecule has 0 unspecified atom stereocenters. The molecule has 0 saturated carbocycles. The van der Waals surface area contributed by atoms with Gasteiger partial charge in [-0.15, -0.1) is 0 Å². The zero-order chi connectivity index (χ0) is 13.8. The second-order valence-corrected chi connectivity index (χ2v) is 4.67. The molecule has 2 rings (SSSR count). The molecule has 1 aromatic carbocycles. The maximum Gasteiger partial charge on any atom is 0.222 e. The normalized spacial score (nSPS) is 10.7. The van der Waals surface area contributed by atoms with E-state index in [1.165, 1.54) is 12.1 Å². The first-order chi connectivity index (χ1) is 9.04. The molecule has 0 radical (unpaired) electrons. The highest BCUT2D eigenvalue weighted by Gasteiger charge is 2.05. The van der Waals surface area contributed by atoms with Gasteiger partial charge >= 0.3 is 0 Å². The first-order valence-electron chi connectivity index (χ1n) is 6.17. The van der Waals surface area contributed by atoms with E-state index in [0.29, 0.717) is 12.4 Å². The summed E-state index contributed by atoms with van der Waals surface area (Å²) in [6, 6.07) is 8.22. The maximum absolute atomic E-state index is 12.8. The summed E-state index contributed by atoms with van der Waals surface area (Å²) in [5, 5.41) is 3.16. The lowest BCUT2D eigenvalue weighted by atomic mass is 10.1. The summed E-state index contributed by atoms with van der Waals surface area (Å²) in [4.78, 5) is 8.31. The van der Waals surface area contributed by atoms with Crippen LogP contribution < -0.4 is 11.1 Å². The molecule has 4 nitrogen and oxygen atoms in total. The summed E-state index contributed by atoms with van der Waals surface area (Å²) in [5.41, 5.74) is 7.55. The number of benzene rings is 1. The van der Waals surface area contributed by atoms with Crippen LogP contribution >= 0.6 is 0 Å². The lowest BCUT2D eigenvalue weighted by molar-refractivity contribution is 0.627. The molecule has 1 aromatic heterocycles. The number of hydrogen-bond acceptors (Lipinski definition) is 4. The fourth-order valence-electron chi connectivity index (χ4n) is 1.67. The van der Waals surface area contributed by atoms with Crippen molar-refractivity contribution in [2.24, 2.45) is 0 Å². The van der Waals surface area contributed by atoms with Gasteiger partial charge in [-0.2, -0.15) is 4.98 Å². The third-order valence-corrected chi connectivity index (χ3v) is 2.74. The minimum absolute atomic E-state index is 0.239. The van der Waals surface area contributed by atoms with Gasteiger partial charge in [-0.3, -0.25) is 0 Å². The van der Waals surface area contributed by atoms with Crippen LogP contribution in [0.15, 0.2) is 30.3 Å². The first-order valence-corrected chi connectivity index (χ1v) is 6.17. The van der Waals surface area contributed by atoms with Gasteiger partial charge in [-0.1, -0.05) is 26.0 Å². The average molecular weight is 260 g/mol. The van der Waals surface area contributed by atoms with Gasteiger partial charge in [0.25, 0.3) is 0 Å². The van der Waals surface area contributed by atoms with Gasteiger partial charge in [0.2, 0.25) is 5.95 Å². The van der Waals surface area contributed by atoms with Crippen molar-refractivity contribution in [3.63, 3.8) is 0 Å². The summed E-state index contributed by atoms with van der Waals surface area (Å²) in [7, 11) is 0. The third kappa shape index (κ3) is 3.64. The largest absolute Gasteiger partial charge is 0.368 e. The number of rotatable bonds is 4. The van der Waals surface area contributed by atoms with E-state index < -0.39 is 0 Å². The molecule has 0 aliphatic rings. The number of anilines is 2. The van der Waals surface area contributed by atoms with E-state index in [-0.39, 0.29) is 17.7 Å². The van der Waals surface area contributed by atoms with Crippen molar-refractivity contribution in [2.45, 2.75) is 26.3 Å². The van der Waals surface area contributed by atoms with E-state index in [1.807, 2.05) is 19.9 Å². The van der Waals surface area contributed by atoms with Gasteiger partial charge in [0, 0.05) is 12.6 Å². The number of nitrogens with zero attached hydrogens (tertiary/aromatic N) is 2. The Hall–Kier alpha value is -2.17. The predicted molar refractivity (Wildman–Crippen MR) is 74.3 cm³/mol. The Morgan fingerprint density at radius 1 is 1.21 bits per heavy atom. The Labute approximate surface area is 111 Å². The van der Waals surface area contributed by atoms with E-state index in [4.69, 9.17) is 5.73 Å². The minimum atomic E-state index is -0.239. The summed E-state index contributed by atoms with van der Waals surface area (Å²) in [5.74, 6) is 0.988. The monoisotopic (exact) mass is 260 g/mol. The van der Waals surface area contributed by atoms with Gasteiger partial charge in [0.05, 0.1) is 5.69 Å². The number of halogens is 1. The van der Waals surface area contributed by atoms with Gasteiger partial charge in [0.15, 0.2) is 0 Å². The fraction of sp³-hybridized carbons (Fsp3) is 0.286. The molecule has 0 amide bonds. The van der Waals surface area contributed by atoms with Crippen molar-refractivity contribution in [1.29, 1.82) is 0 Å². The highest BCUT2D eigenvalue weighted by molar-refractivity contribution is 5.42. The number of nitrogens with two attached hydrogens (primary N) is 1. The predicted octanol–water partition coefficient (Wildman–Crippen LogP) is 2.93. The molecule has 0 aliphatic heterocycles. The van der Waals surface area contributed by atoms with E-state index in [0.717, 1.165) is 11.3 Å². The molecular formula is C14H17FN4. The van der Waals surface area contributed by atoms with E-state index in [9.17, 15) is 4.39 Å². The molecule has 0 spiro atoms. The summed E-state index contributed by atoms with van der Waals surface area (Å²) in [6.07, 6.45) is 0. The lowest BCUT2D eigenvalue weighted by Gasteiger charge is -2.10. The van der Waals surface area contributed by atoms with E-state index in [2.05, 4.69) is 15.3 Å². The molecule has 0 fully saturated rings. The Morgan fingerprint density at radius 2 is 1.89 bits per heavy atom. The zero-order valence-electron chi connectivity index (χ0n) is 11.0. The van der Waals surface area contributed by atoms with Crippen molar-refractivity contribution in [3.8, 4) is 0 Å². The maximum atomic E-state index is 12.8. The molecule has 1 heterocycles. The quantitative estimate of drug-likeness (QED) is 0.887. The van der Waals surface area contributed by atoms with Crippen molar-refractivity contribution in [1.82, 2.24) is 9.97 Å². The zero-order valence-corrected chi connectivity index (χ0v) is 11.0. The molecule has 0 saturated heterocycles. The van der Waals surface area contributed by atoms with Crippen LogP contribution in [0, 0.1) is 5.82 Å². The van der Waals surface area contributed by atoms with Crippen molar-refractivity contribution < 1.29 is 4.39 Å². The Bertz CT molecular complexity index is 552. The van der Waals surface area contributed by atoms with Crippen LogP contribution in [0.25, 0.3) is 0 Å². The fourth-order valence-corrected chi connectivity index (χ4v) is 1.67. The summed E-state index contributed by atoms with van der Waals surface area (Å²) >= 11 is 0. The number of hydrogen-bond donors (Lipinski definition) is 2. The highest BCUT2D eigenvalue weighted by Crippen LogP contribution is 2.17. The highest BCUT2D eigenvalue weighted by atomic mass is 19.1. The van der Waals surface area contributed by atoms with Crippen LogP contribution in [0.3, 0.4) is 0 Å². The smallest absolute Gasteiger partial charge is 0.222 e. The van der Waals surface area contributed by atoms with Gasteiger partial charge in [-0.05, 0) is 23.6 Å². The minimum Gasteiger partial charge on any atom is -0.368 e. The Balaban J connectivity index is 2.08. The van der Waals surface area contributed by atoms with Crippen molar-refractivity contribution in [3.05, 3.63) is 47.4 Å². The molecule has 0 aliphatic carbocycles. The van der Waals surface area contributed by atoms with Crippen LogP contribution in [0.4, 0.5) is 16.2 Å². The number of nitrogen functional groups attached to an aromatic ring is 1. The molecule has 3 N–H and O–H groups in total. The molecule has 100 valence electrons. The summed E-state index contributed by atoms with van der Waals surface area (Å²) < 4.78 is 12.8. The van der Waals surface area contributed by atoms with Gasteiger partial charge in [-0.25, -0.2) is 9.37 Å². The van der Waals surface area contributed by atoms with Crippen molar-refractivity contribution in [2.75, 3.05) is 11.1 Å². The molecule has 5 heteroatoms. The van der Waals surface area contributed by atoms with Crippen LogP contribution in [0.1, 0.15) is 31.0 Å². The van der Waals surface area contributed by atoms with Crippen LogP contribution in [-0.2, 0) is 6.54 Å². The Morgan fingerprint density at radius 3 is 2.53 bits per heavy atom. The van der Waals surface area contributed by atoms with Gasteiger partial charge in [0.1, 0.15) is 11.6 Å². The summed E-state index contributed by atoms with van der Waals surface area (Å²) in [6.45, 7) is 4.66. The molecule has 0 bridgehead atoms. The second kappa shape index (κ2) is 5.65. The topological polar surface area (TPSA) is 63.8 Å². The first kappa shape index (κ1) is 13.3. The second-order valence-electron chi connectivity index (χ2n) is 4.67. The average Bonchev–Trinajstić information content (AvgIpc) is 2.37. The van der Waals surface area contributed by atoms with Gasteiger partial charge < -0.3 is 11.1 Å². The molecule has 2 aromatic rings. The Kier molecular flexibility index (Phi) is 3.94. The molecular weight excluding hydrogens is 243 g/mol. The van der Waals surface area contributed by atoms with Crippen molar-refractivity contribution >= 4 is 11.8 Å². The number of nitrogens with one attached hydrogen (secondary N) is 1. The molecule has 0 atom stereocenters. The van der Waals surface area contributed by atoms with E-state index in [1.54, 1.807) is 12.1 Å². The lowest BCUT2D eigenvalue weighted by Crippen LogP contribution is -2.07. The standard InChI is InChI=1S/C14H17FN4/c1-9(2)12-7-13(19-14(16)18-12)17-8-10-3-5-11(15)6-4-10/h3-7,9H,8H2,1-2H3,(H3,16,17,18,19). The van der Waals surface area contributed by atoms with Crippen LogP contribution in [0.5, 0.6) is 0 Å². The molecule has 19 heavy (non-hydrogen) atoms.